The molecule has 3 aliphatic rings. The van der Waals surface area contributed by atoms with Crippen LogP contribution in [0.4, 0.5) is 5.69 Å². The van der Waals surface area contributed by atoms with Crippen LogP contribution in [0.1, 0.15) is 48.5 Å². The number of carbonyl (C=O) groups excluding carboxylic acids is 3. The zero-order valence-electron chi connectivity index (χ0n) is 17.2. The molecule has 2 bridgehead atoms. The number of benzene rings is 2. The molecule has 5 nitrogen and oxygen atoms in total. The van der Waals surface area contributed by atoms with Crippen molar-refractivity contribution in [3.05, 3.63) is 65.7 Å². The van der Waals surface area contributed by atoms with Crippen molar-refractivity contribution in [2.24, 2.45) is 23.7 Å². The van der Waals surface area contributed by atoms with Gasteiger partial charge in [0.25, 0.3) is 0 Å². The van der Waals surface area contributed by atoms with Gasteiger partial charge in [-0.3, -0.25) is 14.5 Å². The third kappa shape index (κ3) is 2.87. The van der Waals surface area contributed by atoms with Crippen molar-refractivity contribution in [1.29, 1.82) is 0 Å². The molecule has 2 aromatic carbocycles. The van der Waals surface area contributed by atoms with E-state index in [1.165, 1.54) is 10.5 Å². The van der Waals surface area contributed by atoms with E-state index in [1.807, 2.05) is 18.2 Å². The molecule has 5 atom stereocenters. The molecular formula is C25H25NO4. The molecule has 1 saturated heterocycles. The van der Waals surface area contributed by atoms with Gasteiger partial charge in [-0.2, -0.15) is 0 Å². The van der Waals surface area contributed by atoms with Crippen LogP contribution in [-0.4, -0.2) is 23.9 Å². The highest BCUT2D eigenvalue weighted by Crippen LogP contribution is 2.61. The second-order valence-corrected chi connectivity index (χ2v) is 8.98. The summed E-state index contributed by atoms with van der Waals surface area (Å²) in [7, 11) is 0. The Morgan fingerprint density at radius 2 is 1.60 bits per heavy atom. The zero-order chi connectivity index (χ0) is 21.0. The van der Waals surface area contributed by atoms with E-state index >= 15 is 0 Å². The number of anilines is 1. The molecule has 30 heavy (non-hydrogen) atoms. The zero-order valence-corrected chi connectivity index (χ0v) is 17.2. The second-order valence-electron chi connectivity index (χ2n) is 8.98. The molecule has 5 heteroatoms. The van der Waals surface area contributed by atoms with Crippen LogP contribution in [0.25, 0.3) is 0 Å². The summed E-state index contributed by atoms with van der Waals surface area (Å²) >= 11 is 0. The quantitative estimate of drug-likeness (QED) is 0.567. The number of amides is 2. The normalized spacial score (nSPS) is 29.6. The first-order chi connectivity index (χ1) is 14.5. The van der Waals surface area contributed by atoms with Crippen molar-refractivity contribution in [2.75, 3.05) is 4.90 Å². The Bertz CT molecular complexity index is 998. The molecule has 3 fully saturated rings. The van der Waals surface area contributed by atoms with Crippen LogP contribution in [0.5, 0.6) is 0 Å². The summed E-state index contributed by atoms with van der Waals surface area (Å²) in [5.74, 6) is -0.160. The van der Waals surface area contributed by atoms with Gasteiger partial charge < -0.3 is 4.74 Å². The molecule has 0 aromatic heterocycles. The van der Waals surface area contributed by atoms with Gasteiger partial charge in [-0.15, -0.1) is 0 Å². The third-order valence-electron chi connectivity index (χ3n) is 6.95. The number of hydrogen-bond acceptors (Lipinski definition) is 4. The van der Waals surface area contributed by atoms with Crippen molar-refractivity contribution in [2.45, 2.75) is 38.7 Å². The van der Waals surface area contributed by atoms with Gasteiger partial charge in [0, 0.05) is 0 Å². The number of esters is 1. The smallest absolute Gasteiger partial charge is 0.338 e. The van der Waals surface area contributed by atoms with E-state index in [2.05, 4.69) is 12.1 Å². The van der Waals surface area contributed by atoms with Crippen LogP contribution in [0, 0.1) is 23.7 Å². The Balaban J connectivity index is 1.39. The molecule has 0 radical (unpaired) electrons. The molecule has 5 rings (SSSR count). The minimum absolute atomic E-state index is 0.0819. The van der Waals surface area contributed by atoms with Crippen LogP contribution in [0.2, 0.25) is 0 Å². The first-order valence-corrected chi connectivity index (χ1v) is 10.7. The topological polar surface area (TPSA) is 63.7 Å². The number of rotatable bonds is 4. The second kappa shape index (κ2) is 7.08. The van der Waals surface area contributed by atoms with Crippen molar-refractivity contribution < 1.29 is 19.1 Å². The Kier molecular flexibility index (Phi) is 4.49. The number of nitrogens with zero attached hydrogens (tertiary/aromatic N) is 1. The Labute approximate surface area is 176 Å². The highest BCUT2D eigenvalue weighted by atomic mass is 16.5. The van der Waals surface area contributed by atoms with E-state index < -0.39 is 5.97 Å². The van der Waals surface area contributed by atoms with Crippen LogP contribution < -0.4 is 4.90 Å². The van der Waals surface area contributed by atoms with Gasteiger partial charge in [0.2, 0.25) is 11.8 Å². The van der Waals surface area contributed by atoms with Crippen molar-refractivity contribution in [1.82, 2.24) is 0 Å². The highest BCUT2D eigenvalue weighted by molar-refractivity contribution is 6.22. The molecule has 0 N–H and O–H groups in total. The fourth-order valence-corrected chi connectivity index (χ4v) is 5.83. The Morgan fingerprint density at radius 1 is 0.933 bits per heavy atom. The van der Waals surface area contributed by atoms with E-state index in [1.54, 1.807) is 38.1 Å². The summed E-state index contributed by atoms with van der Waals surface area (Å²) in [6.07, 6.45) is 1.73. The lowest BCUT2D eigenvalue weighted by atomic mass is 9.73. The average molecular weight is 403 g/mol. The molecule has 154 valence electrons. The molecule has 5 unspecified atom stereocenters. The van der Waals surface area contributed by atoms with E-state index in [4.69, 9.17) is 4.74 Å². The molecule has 2 aliphatic carbocycles. The van der Waals surface area contributed by atoms with Crippen LogP contribution in [0.3, 0.4) is 0 Å². The van der Waals surface area contributed by atoms with Crippen LogP contribution >= 0.6 is 0 Å². The summed E-state index contributed by atoms with van der Waals surface area (Å²) in [4.78, 5) is 40.0. The van der Waals surface area contributed by atoms with E-state index in [-0.39, 0.29) is 41.6 Å². The third-order valence-corrected chi connectivity index (χ3v) is 6.95. The summed E-state index contributed by atoms with van der Waals surface area (Å²) in [6.45, 7) is 3.59. The molecule has 1 heterocycles. The van der Waals surface area contributed by atoms with Gasteiger partial charge >= 0.3 is 5.97 Å². The Morgan fingerprint density at radius 3 is 2.27 bits per heavy atom. The molecule has 2 saturated carbocycles. The highest BCUT2D eigenvalue weighted by Gasteiger charge is 2.64. The predicted molar refractivity (Wildman–Crippen MR) is 112 cm³/mol. The Hall–Kier alpha value is -2.95. The number of fused-ring (bicyclic) bond motifs is 5. The summed E-state index contributed by atoms with van der Waals surface area (Å²) < 4.78 is 5.21. The van der Waals surface area contributed by atoms with Gasteiger partial charge in [0.1, 0.15) is 0 Å². The van der Waals surface area contributed by atoms with Gasteiger partial charge in [-0.1, -0.05) is 30.3 Å². The van der Waals surface area contributed by atoms with Gasteiger partial charge in [0.05, 0.1) is 29.2 Å². The lowest BCUT2D eigenvalue weighted by molar-refractivity contribution is -0.123. The first kappa shape index (κ1) is 19.0. The maximum absolute atomic E-state index is 13.3. The van der Waals surface area contributed by atoms with Gasteiger partial charge in [-0.05, 0) is 74.3 Å². The molecule has 2 amide bonds. The lowest BCUT2D eigenvalue weighted by Crippen LogP contribution is -2.33. The largest absolute Gasteiger partial charge is 0.459 e. The lowest BCUT2D eigenvalue weighted by Gasteiger charge is -2.28. The van der Waals surface area contributed by atoms with Crippen molar-refractivity contribution in [3.8, 4) is 0 Å². The van der Waals surface area contributed by atoms with Gasteiger partial charge in [-0.25, -0.2) is 4.79 Å². The van der Waals surface area contributed by atoms with E-state index in [0.29, 0.717) is 17.2 Å². The molecule has 0 spiro atoms. The van der Waals surface area contributed by atoms with E-state index in [0.717, 1.165) is 12.8 Å². The molecular weight excluding hydrogens is 378 g/mol. The van der Waals surface area contributed by atoms with Gasteiger partial charge in [0.15, 0.2) is 0 Å². The predicted octanol–water partition coefficient (Wildman–Crippen LogP) is 4.18. The first-order valence-electron chi connectivity index (χ1n) is 10.7. The van der Waals surface area contributed by atoms with Crippen molar-refractivity contribution in [3.63, 3.8) is 0 Å². The average Bonchev–Trinajstić information content (AvgIpc) is 3.40. The minimum Gasteiger partial charge on any atom is -0.459 e. The van der Waals surface area contributed by atoms with E-state index in [9.17, 15) is 14.4 Å². The number of ether oxygens (including phenoxy) is 1. The van der Waals surface area contributed by atoms with Crippen molar-refractivity contribution >= 4 is 23.5 Å². The monoisotopic (exact) mass is 403 g/mol. The summed E-state index contributed by atoms with van der Waals surface area (Å²) in [5.41, 5.74) is 2.22. The summed E-state index contributed by atoms with van der Waals surface area (Å²) in [5, 5.41) is 0. The molecule has 2 aromatic rings. The molecule has 1 aliphatic heterocycles. The maximum Gasteiger partial charge on any atom is 0.338 e. The maximum atomic E-state index is 13.3. The fourth-order valence-electron chi connectivity index (χ4n) is 5.83. The number of imide groups is 1. The SMILES string of the molecule is CC(C)OC(=O)c1ccc(N2C(=O)C3C4CC(c5ccccc5)C(C4)C3C2=O)cc1. The minimum atomic E-state index is -0.406. The summed E-state index contributed by atoms with van der Waals surface area (Å²) in [6, 6.07) is 16.9. The number of hydrogen-bond donors (Lipinski definition) is 0. The van der Waals surface area contributed by atoms with Crippen LogP contribution in [0.15, 0.2) is 54.6 Å². The standard InChI is InChI=1S/C25H25NO4/c1-14(2)30-25(29)16-8-10-18(11-9-16)26-23(27)21-17-12-19(15-6-4-3-5-7-15)20(13-17)22(21)24(26)28/h3-11,14,17,19-22H,12-13H2,1-2H3. The fraction of sp³-hybridized carbons (Fsp3) is 0.400. The number of carbonyl (C=O) groups is 3. The van der Waals surface area contributed by atoms with Crippen LogP contribution in [-0.2, 0) is 14.3 Å².